The van der Waals surface area contributed by atoms with Crippen molar-refractivity contribution >= 4 is 37.0 Å². The zero-order valence-electron chi connectivity index (χ0n) is 10.5. The fourth-order valence-corrected chi connectivity index (χ4v) is 4.81. The van der Waals surface area contributed by atoms with Crippen LogP contribution in [0.3, 0.4) is 0 Å². The molecule has 7 heteroatoms. The van der Waals surface area contributed by atoms with Gasteiger partial charge in [0, 0.05) is 15.6 Å². The Hall–Kier alpha value is -0.590. The van der Waals surface area contributed by atoms with E-state index in [0.717, 1.165) is 24.2 Å². The molecule has 1 aromatic heterocycles. The molecule has 0 atom stereocenters. The van der Waals surface area contributed by atoms with Gasteiger partial charge in [0.05, 0.1) is 11.5 Å². The van der Waals surface area contributed by atoms with Crippen molar-refractivity contribution in [3.8, 4) is 0 Å². The first kappa shape index (κ1) is 14.8. The molecule has 19 heavy (non-hydrogen) atoms. The molecule has 0 aliphatic heterocycles. The third kappa shape index (κ3) is 3.70. The van der Waals surface area contributed by atoms with Gasteiger partial charge in [0.2, 0.25) is 0 Å². The van der Waals surface area contributed by atoms with Crippen LogP contribution in [0.25, 0.3) is 0 Å². The summed E-state index contributed by atoms with van der Waals surface area (Å²) in [5, 5.41) is 0. The summed E-state index contributed by atoms with van der Waals surface area (Å²) in [5.41, 5.74) is 0. The van der Waals surface area contributed by atoms with Crippen LogP contribution in [0.4, 0.5) is 0 Å². The van der Waals surface area contributed by atoms with E-state index in [1.807, 2.05) is 0 Å². The second kappa shape index (κ2) is 5.81. The van der Waals surface area contributed by atoms with Gasteiger partial charge < -0.3 is 4.74 Å². The van der Waals surface area contributed by atoms with Crippen LogP contribution in [0.2, 0.25) is 0 Å². The van der Waals surface area contributed by atoms with Gasteiger partial charge in [-0.3, -0.25) is 0 Å². The molecule has 0 bridgehead atoms. The minimum atomic E-state index is -3.80. The molecule has 1 aliphatic rings. The van der Waals surface area contributed by atoms with E-state index in [1.54, 1.807) is 6.92 Å². The lowest BCUT2D eigenvalue weighted by Gasteiger charge is -2.08. The minimum absolute atomic E-state index is 0.00742. The van der Waals surface area contributed by atoms with E-state index in [4.69, 9.17) is 15.4 Å². The number of rotatable bonds is 4. The van der Waals surface area contributed by atoms with Crippen molar-refractivity contribution in [3.05, 3.63) is 15.8 Å². The third-order valence-corrected chi connectivity index (χ3v) is 5.87. The van der Waals surface area contributed by atoms with Crippen molar-refractivity contribution in [2.75, 3.05) is 6.61 Å². The van der Waals surface area contributed by atoms with Crippen LogP contribution in [-0.2, 0) is 13.8 Å². The smallest absolute Gasteiger partial charge is 0.348 e. The summed E-state index contributed by atoms with van der Waals surface area (Å²) < 4.78 is 27.8. The molecule has 0 N–H and O–H groups in total. The molecule has 0 unspecified atom stereocenters. The second-order valence-corrected chi connectivity index (χ2v) is 8.51. The number of carbonyl (C=O) groups is 1. The number of esters is 1. The number of ether oxygens (including phenoxy) is 1. The van der Waals surface area contributed by atoms with Gasteiger partial charge in [-0.2, -0.15) is 0 Å². The van der Waals surface area contributed by atoms with Crippen LogP contribution < -0.4 is 0 Å². The van der Waals surface area contributed by atoms with Gasteiger partial charge in [0.15, 0.2) is 0 Å². The van der Waals surface area contributed by atoms with E-state index < -0.39 is 15.0 Å². The van der Waals surface area contributed by atoms with Crippen molar-refractivity contribution in [1.82, 2.24) is 0 Å². The molecule has 1 aromatic rings. The first-order chi connectivity index (χ1) is 8.88. The van der Waals surface area contributed by atoms with Crippen LogP contribution in [0, 0.1) is 12.8 Å². The molecule has 0 spiro atoms. The monoisotopic (exact) mass is 322 g/mol. The fraction of sp³-hybridized carbons (Fsp3) is 0.583. The Morgan fingerprint density at radius 2 is 2.11 bits per heavy atom. The van der Waals surface area contributed by atoms with E-state index >= 15 is 0 Å². The fourth-order valence-electron chi connectivity index (χ4n) is 2.25. The van der Waals surface area contributed by atoms with Crippen molar-refractivity contribution in [3.63, 3.8) is 0 Å². The van der Waals surface area contributed by atoms with Gasteiger partial charge >= 0.3 is 5.97 Å². The highest BCUT2D eigenvalue weighted by Gasteiger charge is 2.22. The van der Waals surface area contributed by atoms with Gasteiger partial charge in [-0.15, -0.1) is 11.3 Å². The van der Waals surface area contributed by atoms with Gasteiger partial charge in [-0.1, -0.05) is 12.8 Å². The van der Waals surface area contributed by atoms with Crippen LogP contribution in [0.15, 0.2) is 11.0 Å². The molecule has 1 aliphatic carbocycles. The molecule has 0 radical (unpaired) electrons. The summed E-state index contributed by atoms with van der Waals surface area (Å²) in [7, 11) is 1.49. The summed E-state index contributed by atoms with van der Waals surface area (Å²) in [6, 6.07) is 1.29. The maximum atomic E-state index is 11.8. The molecule has 1 heterocycles. The van der Waals surface area contributed by atoms with Crippen molar-refractivity contribution < 1.29 is 17.9 Å². The topological polar surface area (TPSA) is 60.4 Å². The number of halogens is 1. The third-order valence-electron chi connectivity index (χ3n) is 3.26. The van der Waals surface area contributed by atoms with Gasteiger partial charge in [0.25, 0.3) is 9.05 Å². The van der Waals surface area contributed by atoms with E-state index in [1.165, 1.54) is 18.9 Å². The molecular weight excluding hydrogens is 308 g/mol. The first-order valence-electron chi connectivity index (χ1n) is 6.10. The predicted octanol–water partition coefficient (Wildman–Crippen LogP) is 3.33. The number of hydrogen-bond acceptors (Lipinski definition) is 5. The van der Waals surface area contributed by atoms with E-state index in [-0.39, 0.29) is 9.77 Å². The maximum absolute atomic E-state index is 11.8. The Morgan fingerprint density at radius 3 is 2.63 bits per heavy atom. The largest absolute Gasteiger partial charge is 0.461 e. The van der Waals surface area contributed by atoms with Crippen molar-refractivity contribution in [1.29, 1.82) is 0 Å². The van der Waals surface area contributed by atoms with E-state index in [0.29, 0.717) is 17.4 Å². The zero-order chi connectivity index (χ0) is 14.0. The molecule has 4 nitrogen and oxygen atoms in total. The second-order valence-electron chi connectivity index (χ2n) is 4.72. The normalized spacial score (nSPS) is 16.7. The lowest BCUT2D eigenvalue weighted by Crippen LogP contribution is -2.11. The molecule has 2 rings (SSSR count). The number of aryl methyl sites for hydroxylation is 1. The predicted molar refractivity (Wildman–Crippen MR) is 74.3 cm³/mol. The Balaban J connectivity index is 2.03. The Kier molecular flexibility index (Phi) is 4.53. The molecule has 1 fully saturated rings. The Bertz CT molecular complexity index is 571. The quantitative estimate of drug-likeness (QED) is 0.630. The summed E-state index contributed by atoms with van der Waals surface area (Å²) in [4.78, 5) is 12.6. The average molecular weight is 323 g/mol. The number of carbonyl (C=O) groups excluding carboxylic acids is 1. The molecule has 106 valence electrons. The highest BCUT2D eigenvalue weighted by Crippen LogP contribution is 2.29. The van der Waals surface area contributed by atoms with Crippen molar-refractivity contribution in [2.45, 2.75) is 37.5 Å². The van der Waals surface area contributed by atoms with Crippen molar-refractivity contribution in [2.24, 2.45) is 5.92 Å². The summed E-state index contributed by atoms with van der Waals surface area (Å²) in [6.45, 7) is 2.03. The molecule has 0 amide bonds. The Morgan fingerprint density at radius 1 is 1.47 bits per heavy atom. The van der Waals surface area contributed by atoms with Crippen LogP contribution in [0.1, 0.15) is 40.2 Å². The first-order valence-corrected chi connectivity index (χ1v) is 9.22. The van der Waals surface area contributed by atoms with Crippen LogP contribution in [-0.4, -0.2) is 21.0 Å². The van der Waals surface area contributed by atoms with E-state index in [9.17, 15) is 13.2 Å². The standard InChI is InChI=1S/C12H15ClO4S2/c1-8-11(19(13,15)16)6-10(18-8)12(14)17-7-9-4-2-3-5-9/h6,9H,2-5,7H2,1H3. The lowest BCUT2D eigenvalue weighted by molar-refractivity contribution is 0.0448. The highest BCUT2D eigenvalue weighted by atomic mass is 35.7. The molecule has 0 aromatic carbocycles. The van der Waals surface area contributed by atoms with Gasteiger partial charge in [0.1, 0.15) is 4.88 Å². The van der Waals surface area contributed by atoms with Gasteiger partial charge in [-0.25, -0.2) is 13.2 Å². The summed E-state index contributed by atoms with van der Waals surface area (Å²) in [5.74, 6) is -0.0206. The number of hydrogen-bond donors (Lipinski definition) is 0. The summed E-state index contributed by atoms with van der Waals surface area (Å²) >= 11 is 1.09. The lowest BCUT2D eigenvalue weighted by atomic mass is 10.1. The summed E-state index contributed by atoms with van der Waals surface area (Å²) in [6.07, 6.45) is 4.57. The number of thiophene rings is 1. The average Bonchev–Trinajstić information content (AvgIpc) is 2.93. The van der Waals surface area contributed by atoms with Gasteiger partial charge in [-0.05, 0) is 31.7 Å². The zero-order valence-corrected chi connectivity index (χ0v) is 12.9. The SMILES string of the molecule is Cc1sc(C(=O)OCC2CCCC2)cc1S(=O)(=O)Cl. The molecule has 0 saturated heterocycles. The molecule has 1 saturated carbocycles. The van der Waals surface area contributed by atoms with Crippen LogP contribution in [0.5, 0.6) is 0 Å². The maximum Gasteiger partial charge on any atom is 0.348 e. The van der Waals surface area contributed by atoms with Crippen LogP contribution >= 0.6 is 22.0 Å². The minimum Gasteiger partial charge on any atom is -0.461 e. The highest BCUT2D eigenvalue weighted by molar-refractivity contribution is 8.13. The molecular formula is C12H15ClO4S2. The Labute approximate surface area is 121 Å². The van der Waals surface area contributed by atoms with E-state index in [2.05, 4.69) is 0 Å².